The van der Waals surface area contributed by atoms with E-state index >= 15 is 0 Å². The zero-order valence-corrected chi connectivity index (χ0v) is 19.0. The lowest BCUT2D eigenvalue weighted by atomic mass is 10.1. The van der Waals surface area contributed by atoms with Gasteiger partial charge in [0.2, 0.25) is 5.91 Å². The van der Waals surface area contributed by atoms with E-state index in [1.54, 1.807) is 0 Å². The number of carbonyl (C=O) groups is 3. The van der Waals surface area contributed by atoms with E-state index in [0.29, 0.717) is 6.42 Å². The van der Waals surface area contributed by atoms with Crippen LogP contribution in [0.3, 0.4) is 0 Å². The Kier molecular flexibility index (Phi) is 10.9. The van der Waals surface area contributed by atoms with Crippen molar-refractivity contribution in [2.45, 2.75) is 25.7 Å². The maximum absolute atomic E-state index is 11.9. The number of hydrazine groups is 1. The highest BCUT2D eigenvalue weighted by Crippen LogP contribution is 2.17. The fourth-order valence-corrected chi connectivity index (χ4v) is 2.76. The maximum Gasteiger partial charge on any atom is 0.306 e. The van der Waals surface area contributed by atoms with Gasteiger partial charge in [-0.3, -0.25) is 35.3 Å². The predicted octanol–water partition coefficient (Wildman–Crippen LogP) is 1.95. The van der Waals surface area contributed by atoms with Gasteiger partial charge in [0.1, 0.15) is 5.75 Å². The van der Waals surface area contributed by atoms with Crippen LogP contribution in [-0.2, 0) is 25.5 Å². The topological polar surface area (TPSA) is 149 Å². The molecule has 2 aromatic carbocycles. The SMILES string of the molecule is O=C(COc1ccc([N+](=O)[O-])cc1)NNC(=S)NC(=O)CCC(=O)OCCCc1ccccc1. The van der Waals surface area contributed by atoms with Crippen molar-refractivity contribution in [1.29, 1.82) is 0 Å². The molecule has 2 amide bonds. The number of non-ortho nitro benzene ring substituents is 1. The van der Waals surface area contributed by atoms with Gasteiger partial charge < -0.3 is 14.8 Å². The molecule has 2 aromatic rings. The average molecular weight is 489 g/mol. The van der Waals surface area contributed by atoms with E-state index in [4.69, 9.17) is 21.7 Å². The van der Waals surface area contributed by atoms with Crippen molar-refractivity contribution < 1.29 is 28.8 Å². The Morgan fingerprint density at radius 3 is 2.32 bits per heavy atom. The highest BCUT2D eigenvalue weighted by molar-refractivity contribution is 7.80. The number of nitrogens with zero attached hydrogens (tertiary/aromatic N) is 1. The van der Waals surface area contributed by atoms with Gasteiger partial charge in [-0.2, -0.15) is 0 Å². The molecule has 0 aliphatic heterocycles. The summed E-state index contributed by atoms with van der Waals surface area (Å²) in [5.74, 6) is -1.34. The van der Waals surface area contributed by atoms with E-state index in [9.17, 15) is 24.5 Å². The van der Waals surface area contributed by atoms with E-state index in [2.05, 4.69) is 16.2 Å². The van der Waals surface area contributed by atoms with Crippen LogP contribution in [0.4, 0.5) is 5.69 Å². The van der Waals surface area contributed by atoms with E-state index in [-0.39, 0.29) is 36.0 Å². The van der Waals surface area contributed by atoms with Crippen molar-refractivity contribution in [2.24, 2.45) is 0 Å². The van der Waals surface area contributed by atoms with Crippen molar-refractivity contribution in [3.8, 4) is 5.75 Å². The van der Waals surface area contributed by atoms with Crippen molar-refractivity contribution in [3.05, 3.63) is 70.3 Å². The van der Waals surface area contributed by atoms with Gasteiger partial charge in [0.25, 0.3) is 11.6 Å². The molecule has 0 radical (unpaired) electrons. The van der Waals surface area contributed by atoms with Gasteiger partial charge in [-0.05, 0) is 42.8 Å². The summed E-state index contributed by atoms with van der Waals surface area (Å²) in [5, 5.41) is 12.8. The summed E-state index contributed by atoms with van der Waals surface area (Å²) in [5.41, 5.74) is 5.62. The molecule has 0 saturated heterocycles. The Balaban J connectivity index is 1.54. The third-order valence-corrected chi connectivity index (χ3v) is 4.46. The molecular formula is C22H24N4O7S. The van der Waals surface area contributed by atoms with Crippen LogP contribution >= 0.6 is 12.2 Å². The van der Waals surface area contributed by atoms with Crippen LogP contribution in [0.2, 0.25) is 0 Å². The fourth-order valence-electron chi connectivity index (χ4n) is 2.59. The molecule has 180 valence electrons. The van der Waals surface area contributed by atoms with Gasteiger partial charge in [0.05, 0.1) is 18.0 Å². The molecule has 0 aromatic heterocycles. The lowest BCUT2D eigenvalue weighted by Gasteiger charge is -2.11. The van der Waals surface area contributed by atoms with Gasteiger partial charge in [0, 0.05) is 18.6 Å². The van der Waals surface area contributed by atoms with Gasteiger partial charge in [-0.1, -0.05) is 30.3 Å². The molecule has 0 spiro atoms. The number of hydrogen-bond donors (Lipinski definition) is 3. The first kappa shape index (κ1) is 26.2. The van der Waals surface area contributed by atoms with E-state index in [1.165, 1.54) is 24.3 Å². The number of aryl methyl sites for hydroxylation is 1. The minimum absolute atomic E-state index is 0.101. The summed E-state index contributed by atoms with van der Waals surface area (Å²) in [6.45, 7) is -0.124. The standard InChI is InChI=1S/C22H24N4O7S/c27-19(12-13-21(29)32-14-4-7-16-5-2-1-3-6-16)23-22(34)25-24-20(28)15-33-18-10-8-17(9-11-18)26(30)31/h1-3,5-6,8-11H,4,7,12-15H2,(H,24,28)(H2,23,25,27,34). The normalized spacial score (nSPS) is 10.0. The third-order valence-electron chi connectivity index (χ3n) is 4.26. The molecule has 0 bridgehead atoms. The summed E-state index contributed by atoms with van der Waals surface area (Å²) in [6.07, 6.45) is 1.24. The highest BCUT2D eigenvalue weighted by atomic mass is 32.1. The molecular weight excluding hydrogens is 464 g/mol. The Labute approximate surface area is 200 Å². The summed E-state index contributed by atoms with van der Waals surface area (Å²) >= 11 is 4.90. The molecule has 2 rings (SSSR count). The van der Waals surface area contributed by atoms with Gasteiger partial charge in [-0.15, -0.1) is 0 Å². The maximum atomic E-state index is 11.9. The summed E-state index contributed by atoms with van der Waals surface area (Å²) in [7, 11) is 0. The number of esters is 1. The second-order valence-corrected chi connectivity index (χ2v) is 7.31. The quantitative estimate of drug-likeness (QED) is 0.142. The molecule has 0 aliphatic carbocycles. The van der Waals surface area contributed by atoms with E-state index < -0.39 is 29.3 Å². The smallest absolute Gasteiger partial charge is 0.306 e. The van der Waals surface area contributed by atoms with Crippen LogP contribution in [0.5, 0.6) is 5.75 Å². The lowest BCUT2D eigenvalue weighted by Crippen LogP contribution is -2.49. The summed E-state index contributed by atoms with van der Waals surface area (Å²) in [6, 6.07) is 15.0. The van der Waals surface area contributed by atoms with Gasteiger partial charge in [0.15, 0.2) is 11.7 Å². The van der Waals surface area contributed by atoms with Crippen molar-refractivity contribution >= 4 is 40.8 Å². The summed E-state index contributed by atoms with van der Waals surface area (Å²) in [4.78, 5) is 45.4. The van der Waals surface area contributed by atoms with Crippen molar-refractivity contribution in [3.63, 3.8) is 0 Å². The lowest BCUT2D eigenvalue weighted by molar-refractivity contribution is -0.384. The Morgan fingerprint density at radius 1 is 0.941 bits per heavy atom. The zero-order valence-electron chi connectivity index (χ0n) is 18.2. The Morgan fingerprint density at radius 2 is 1.65 bits per heavy atom. The number of nitrogens with one attached hydrogen (secondary N) is 3. The Hall–Kier alpha value is -4.06. The average Bonchev–Trinajstić information content (AvgIpc) is 2.83. The van der Waals surface area contributed by atoms with Crippen LogP contribution in [0.25, 0.3) is 0 Å². The second kappa shape index (κ2) is 14.2. The molecule has 0 heterocycles. The molecule has 34 heavy (non-hydrogen) atoms. The Bertz CT molecular complexity index is 1000. The molecule has 3 N–H and O–H groups in total. The number of carbonyl (C=O) groups excluding carboxylic acids is 3. The molecule has 0 atom stereocenters. The van der Waals surface area contributed by atoms with Crippen molar-refractivity contribution in [2.75, 3.05) is 13.2 Å². The highest BCUT2D eigenvalue weighted by Gasteiger charge is 2.11. The molecule has 0 fully saturated rings. The number of hydrogen-bond acceptors (Lipinski definition) is 8. The number of benzene rings is 2. The fraction of sp³-hybridized carbons (Fsp3) is 0.273. The first-order chi connectivity index (χ1) is 16.3. The van der Waals surface area contributed by atoms with E-state index in [0.717, 1.165) is 12.0 Å². The first-order valence-corrected chi connectivity index (χ1v) is 10.7. The second-order valence-electron chi connectivity index (χ2n) is 6.90. The summed E-state index contributed by atoms with van der Waals surface area (Å²) < 4.78 is 10.3. The van der Waals surface area contributed by atoms with Gasteiger partial charge in [-0.25, -0.2) is 0 Å². The van der Waals surface area contributed by atoms with Crippen LogP contribution in [0.15, 0.2) is 54.6 Å². The number of nitro groups is 1. The number of thiocarbonyl (C=S) groups is 1. The molecule has 12 heteroatoms. The minimum atomic E-state index is -0.603. The van der Waals surface area contributed by atoms with Crippen LogP contribution in [-0.4, -0.2) is 41.0 Å². The minimum Gasteiger partial charge on any atom is -0.484 e. The number of nitro benzene ring substituents is 1. The van der Waals surface area contributed by atoms with Crippen LogP contribution in [0.1, 0.15) is 24.8 Å². The molecule has 11 nitrogen and oxygen atoms in total. The number of rotatable bonds is 11. The third kappa shape index (κ3) is 10.5. The van der Waals surface area contributed by atoms with Crippen molar-refractivity contribution in [1.82, 2.24) is 16.2 Å². The largest absolute Gasteiger partial charge is 0.484 e. The number of ether oxygens (including phenoxy) is 2. The van der Waals surface area contributed by atoms with Crippen LogP contribution in [0, 0.1) is 10.1 Å². The molecule has 0 saturated carbocycles. The van der Waals surface area contributed by atoms with E-state index in [1.807, 2.05) is 30.3 Å². The number of amides is 2. The van der Waals surface area contributed by atoms with Crippen LogP contribution < -0.4 is 20.9 Å². The predicted molar refractivity (Wildman–Crippen MR) is 126 cm³/mol. The monoisotopic (exact) mass is 488 g/mol. The first-order valence-electron chi connectivity index (χ1n) is 10.3. The zero-order chi connectivity index (χ0) is 24.8. The molecule has 0 aliphatic rings. The van der Waals surface area contributed by atoms with Gasteiger partial charge >= 0.3 is 5.97 Å². The molecule has 0 unspecified atom stereocenters.